The Bertz CT molecular complexity index is 540. The summed E-state index contributed by atoms with van der Waals surface area (Å²) in [5.41, 5.74) is 1.26. The molecule has 2 aliphatic rings. The molecule has 2 fully saturated rings. The fourth-order valence-electron chi connectivity index (χ4n) is 3.33. The monoisotopic (exact) mass is 315 g/mol. The number of rotatable bonds is 5. The number of benzene rings is 1. The number of hydrogen-bond donors (Lipinski definition) is 3. The van der Waals surface area contributed by atoms with Gasteiger partial charge in [0.15, 0.2) is 0 Å². The van der Waals surface area contributed by atoms with Gasteiger partial charge in [-0.3, -0.25) is 4.79 Å². The van der Waals surface area contributed by atoms with E-state index >= 15 is 0 Å². The minimum absolute atomic E-state index is 0.0467. The van der Waals surface area contributed by atoms with Gasteiger partial charge in [-0.05, 0) is 24.8 Å². The van der Waals surface area contributed by atoms with Crippen LogP contribution < -0.4 is 16.0 Å². The Labute approximate surface area is 137 Å². The molecule has 0 saturated heterocycles. The molecule has 0 bridgehead atoms. The molecule has 3 rings (SSSR count). The van der Waals surface area contributed by atoms with Crippen molar-refractivity contribution in [3.05, 3.63) is 35.9 Å². The minimum atomic E-state index is -0.257. The van der Waals surface area contributed by atoms with Gasteiger partial charge in [-0.2, -0.15) is 0 Å². The lowest BCUT2D eigenvalue weighted by molar-refractivity contribution is -0.121. The number of carbonyl (C=O) groups is 2. The average Bonchev–Trinajstić information content (AvgIpc) is 3.34. The van der Waals surface area contributed by atoms with Crippen LogP contribution in [0.1, 0.15) is 50.0 Å². The molecule has 2 atom stereocenters. The molecule has 0 heterocycles. The molecule has 0 aliphatic heterocycles. The fraction of sp³-hybridized carbons (Fsp3) is 0.556. The van der Waals surface area contributed by atoms with Crippen LogP contribution in [0.2, 0.25) is 0 Å². The largest absolute Gasteiger partial charge is 0.352 e. The fourth-order valence-corrected chi connectivity index (χ4v) is 3.33. The summed E-state index contributed by atoms with van der Waals surface area (Å²) in [7, 11) is 0. The maximum absolute atomic E-state index is 11.9. The first kappa shape index (κ1) is 15.8. The van der Waals surface area contributed by atoms with Gasteiger partial charge in [-0.25, -0.2) is 4.79 Å². The number of carbonyl (C=O) groups excluding carboxylic acids is 2. The van der Waals surface area contributed by atoms with Crippen molar-refractivity contribution in [2.75, 3.05) is 6.54 Å². The number of nitrogens with one attached hydrogen (secondary N) is 3. The van der Waals surface area contributed by atoms with Crippen LogP contribution in [0.3, 0.4) is 0 Å². The predicted molar refractivity (Wildman–Crippen MR) is 89.1 cm³/mol. The van der Waals surface area contributed by atoms with E-state index < -0.39 is 0 Å². The summed E-state index contributed by atoms with van der Waals surface area (Å²) >= 11 is 0. The van der Waals surface area contributed by atoms with E-state index in [0.717, 1.165) is 19.3 Å². The number of urea groups is 1. The van der Waals surface area contributed by atoms with Crippen molar-refractivity contribution in [1.82, 2.24) is 16.0 Å². The predicted octanol–water partition coefficient (Wildman–Crippen LogP) is 2.29. The zero-order valence-corrected chi connectivity index (χ0v) is 13.4. The van der Waals surface area contributed by atoms with Crippen LogP contribution in [0.4, 0.5) is 4.79 Å². The van der Waals surface area contributed by atoms with E-state index in [0.29, 0.717) is 5.92 Å². The molecule has 0 radical (unpaired) electrons. The van der Waals surface area contributed by atoms with Gasteiger partial charge < -0.3 is 16.0 Å². The lowest BCUT2D eigenvalue weighted by atomic mass is 9.95. The van der Waals surface area contributed by atoms with E-state index in [4.69, 9.17) is 0 Å². The third-order valence-corrected chi connectivity index (χ3v) is 4.71. The van der Waals surface area contributed by atoms with Crippen LogP contribution in [-0.2, 0) is 4.79 Å². The van der Waals surface area contributed by atoms with E-state index in [9.17, 15) is 9.59 Å². The molecule has 3 N–H and O–H groups in total. The molecule has 0 spiro atoms. The van der Waals surface area contributed by atoms with Crippen LogP contribution in [0.25, 0.3) is 0 Å². The number of amides is 3. The van der Waals surface area contributed by atoms with E-state index in [1.54, 1.807) is 0 Å². The summed E-state index contributed by atoms with van der Waals surface area (Å²) in [6, 6.07) is 10.4. The highest BCUT2D eigenvalue weighted by Gasteiger charge is 2.39. The normalized spacial score (nSPS) is 23.8. The molecule has 1 aromatic carbocycles. The Hall–Kier alpha value is -2.04. The van der Waals surface area contributed by atoms with Crippen molar-refractivity contribution >= 4 is 11.9 Å². The summed E-state index contributed by atoms with van der Waals surface area (Å²) in [4.78, 5) is 23.7. The quantitative estimate of drug-likeness (QED) is 0.780. The van der Waals surface area contributed by atoms with Crippen LogP contribution in [0.15, 0.2) is 30.3 Å². The van der Waals surface area contributed by atoms with Crippen LogP contribution >= 0.6 is 0 Å². The maximum Gasteiger partial charge on any atom is 0.315 e. The lowest BCUT2D eigenvalue weighted by Crippen LogP contribution is -2.45. The van der Waals surface area contributed by atoms with E-state index in [-0.39, 0.29) is 30.6 Å². The summed E-state index contributed by atoms with van der Waals surface area (Å²) in [5.74, 6) is 0.306. The topological polar surface area (TPSA) is 70.2 Å². The molecular formula is C18H25N3O2. The first-order valence-electron chi connectivity index (χ1n) is 8.61. The van der Waals surface area contributed by atoms with Crippen molar-refractivity contribution < 1.29 is 9.59 Å². The molecule has 5 heteroatoms. The third-order valence-electron chi connectivity index (χ3n) is 4.71. The summed E-state index contributed by atoms with van der Waals surface area (Å²) in [6.07, 6.45) is 6.70. The van der Waals surface area contributed by atoms with Gasteiger partial charge in [0.05, 0.1) is 6.54 Å². The molecule has 124 valence electrons. The molecule has 1 aromatic rings. The van der Waals surface area contributed by atoms with Crippen LogP contribution in [0, 0.1) is 0 Å². The summed E-state index contributed by atoms with van der Waals surface area (Å²) in [5, 5.41) is 8.58. The minimum Gasteiger partial charge on any atom is -0.352 e. The third kappa shape index (κ3) is 4.71. The average molecular weight is 315 g/mol. The van der Waals surface area contributed by atoms with E-state index in [2.05, 4.69) is 28.1 Å². The second-order valence-corrected chi connectivity index (χ2v) is 6.59. The lowest BCUT2D eigenvalue weighted by Gasteiger charge is -2.22. The second kappa shape index (κ2) is 7.49. The Kier molecular flexibility index (Phi) is 5.16. The molecule has 23 heavy (non-hydrogen) atoms. The zero-order valence-electron chi connectivity index (χ0n) is 13.4. The van der Waals surface area contributed by atoms with Crippen LogP contribution in [0.5, 0.6) is 0 Å². The van der Waals surface area contributed by atoms with Gasteiger partial charge in [0.1, 0.15) is 0 Å². The van der Waals surface area contributed by atoms with Gasteiger partial charge in [0, 0.05) is 18.0 Å². The Morgan fingerprint density at radius 2 is 1.74 bits per heavy atom. The summed E-state index contributed by atoms with van der Waals surface area (Å²) < 4.78 is 0. The molecular weight excluding hydrogens is 290 g/mol. The van der Waals surface area contributed by atoms with E-state index in [1.165, 1.54) is 24.8 Å². The molecule has 2 aliphatic carbocycles. The Morgan fingerprint density at radius 1 is 1.00 bits per heavy atom. The Balaban J connectivity index is 1.33. The Morgan fingerprint density at radius 3 is 2.48 bits per heavy atom. The molecule has 3 amide bonds. The van der Waals surface area contributed by atoms with Crippen LogP contribution in [-0.4, -0.2) is 30.6 Å². The van der Waals surface area contributed by atoms with Gasteiger partial charge in [-0.1, -0.05) is 49.6 Å². The van der Waals surface area contributed by atoms with E-state index in [1.807, 2.05) is 18.2 Å². The van der Waals surface area contributed by atoms with Crippen molar-refractivity contribution in [3.8, 4) is 0 Å². The maximum atomic E-state index is 11.9. The standard InChI is InChI=1S/C18H25N3O2/c22-17(20-14-9-5-2-6-10-14)12-19-18(23)21-16-11-15(16)13-7-3-1-4-8-13/h1,3-4,7-8,14-16H,2,5-6,9-12H2,(H,20,22)(H2,19,21,23)/t15-,16-/m0/s1. The van der Waals surface area contributed by atoms with Crippen molar-refractivity contribution in [1.29, 1.82) is 0 Å². The first-order chi connectivity index (χ1) is 11.2. The first-order valence-corrected chi connectivity index (χ1v) is 8.61. The van der Waals surface area contributed by atoms with Gasteiger partial charge in [-0.15, -0.1) is 0 Å². The number of hydrogen-bond acceptors (Lipinski definition) is 2. The highest BCUT2D eigenvalue weighted by molar-refractivity contribution is 5.84. The van der Waals surface area contributed by atoms with Crippen molar-refractivity contribution in [2.45, 2.75) is 56.5 Å². The second-order valence-electron chi connectivity index (χ2n) is 6.59. The highest BCUT2D eigenvalue weighted by Crippen LogP contribution is 2.40. The smallest absolute Gasteiger partial charge is 0.315 e. The highest BCUT2D eigenvalue weighted by atomic mass is 16.2. The molecule has 0 aromatic heterocycles. The SMILES string of the molecule is O=C(CNC(=O)N[C@H]1C[C@H]1c1ccccc1)NC1CCCCC1. The van der Waals surface area contributed by atoms with Crippen molar-refractivity contribution in [2.24, 2.45) is 0 Å². The van der Waals surface area contributed by atoms with Gasteiger partial charge in [0.25, 0.3) is 0 Å². The van der Waals surface area contributed by atoms with Gasteiger partial charge in [0.2, 0.25) is 5.91 Å². The van der Waals surface area contributed by atoms with Gasteiger partial charge >= 0.3 is 6.03 Å². The zero-order chi connectivity index (χ0) is 16.1. The molecule has 2 saturated carbocycles. The molecule has 0 unspecified atom stereocenters. The molecule has 5 nitrogen and oxygen atoms in total. The van der Waals surface area contributed by atoms with Crippen molar-refractivity contribution in [3.63, 3.8) is 0 Å². The summed E-state index contributed by atoms with van der Waals surface area (Å²) in [6.45, 7) is 0.0467.